The number of ether oxygens (including phenoxy) is 2. The fraction of sp³-hybridized carbons (Fsp3) is 0.875. The fourth-order valence-electron chi connectivity index (χ4n) is 3.69. The van der Waals surface area contributed by atoms with Gasteiger partial charge in [-0.15, -0.1) is 0 Å². The molecule has 0 unspecified atom stereocenters. The average Bonchev–Trinajstić information content (AvgIpc) is 2.60. The summed E-state index contributed by atoms with van der Waals surface area (Å²) >= 11 is 0. The number of nitrogens with zero attached hydrogens (tertiary/aromatic N) is 1. The molecule has 2 heterocycles. The molecule has 21 heavy (non-hydrogen) atoms. The van der Waals surface area contributed by atoms with Crippen molar-refractivity contribution in [1.82, 2.24) is 4.90 Å². The van der Waals surface area contributed by atoms with E-state index in [2.05, 4.69) is 11.9 Å². The lowest BCUT2D eigenvalue weighted by atomic mass is 9.99. The zero-order chi connectivity index (χ0) is 15.6. The van der Waals surface area contributed by atoms with Gasteiger partial charge in [0.25, 0.3) is 0 Å². The minimum absolute atomic E-state index is 0.00609. The number of hydrogen-bond donors (Lipinski definition) is 0. The van der Waals surface area contributed by atoms with E-state index in [-0.39, 0.29) is 36.1 Å². The van der Waals surface area contributed by atoms with Crippen molar-refractivity contribution in [1.29, 1.82) is 0 Å². The Balaban J connectivity index is 1.95. The molecule has 0 aromatic carbocycles. The van der Waals surface area contributed by atoms with Crippen LogP contribution in [0.2, 0.25) is 0 Å². The SMILES string of the molecule is CCC(CC)C(=O)O[C@H]1C[C@H]2C[C@H](OC(C)=O)[C@@H](C1)N2C. The second kappa shape index (κ2) is 6.77. The second-order valence-corrected chi connectivity index (χ2v) is 6.31. The summed E-state index contributed by atoms with van der Waals surface area (Å²) in [5.74, 6) is -0.295. The number of carbonyl (C=O) groups is 2. The van der Waals surface area contributed by atoms with Crippen LogP contribution in [0.5, 0.6) is 0 Å². The molecule has 0 amide bonds. The molecule has 0 radical (unpaired) electrons. The molecule has 120 valence electrons. The first-order valence-electron chi connectivity index (χ1n) is 8.05. The zero-order valence-electron chi connectivity index (χ0n) is 13.5. The first-order valence-corrected chi connectivity index (χ1v) is 8.05. The first-order chi connectivity index (χ1) is 9.96. The molecule has 5 nitrogen and oxygen atoms in total. The molecule has 0 spiro atoms. The molecule has 5 heteroatoms. The molecule has 0 saturated carbocycles. The van der Waals surface area contributed by atoms with Gasteiger partial charge in [-0.1, -0.05) is 13.8 Å². The number of likely N-dealkylation sites (N-methyl/N-ethyl adjacent to an activating group) is 1. The van der Waals surface area contributed by atoms with E-state index in [0.717, 1.165) is 32.1 Å². The summed E-state index contributed by atoms with van der Waals surface area (Å²) in [6.45, 7) is 5.49. The Morgan fingerprint density at radius 1 is 1.14 bits per heavy atom. The van der Waals surface area contributed by atoms with Gasteiger partial charge in [0, 0.05) is 32.2 Å². The molecule has 2 bridgehead atoms. The molecule has 2 aliphatic rings. The van der Waals surface area contributed by atoms with E-state index < -0.39 is 0 Å². The van der Waals surface area contributed by atoms with Gasteiger partial charge < -0.3 is 9.47 Å². The van der Waals surface area contributed by atoms with Crippen molar-refractivity contribution < 1.29 is 19.1 Å². The lowest BCUT2D eigenvalue weighted by Gasteiger charge is -2.36. The van der Waals surface area contributed by atoms with E-state index in [1.165, 1.54) is 6.92 Å². The molecule has 0 N–H and O–H groups in total. The van der Waals surface area contributed by atoms with Gasteiger partial charge in [0.15, 0.2) is 0 Å². The van der Waals surface area contributed by atoms with Gasteiger partial charge in [0.1, 0.15) is 12.2 Å². The van der Waals surface area contributed by atoms with Gasteiger partial charge in [-0.3, -0.25) is 14.5 Å². The van der Waals surface area contributed by atoms with Crippen molar-refractivity contribution in [3.8, 4) is 0 Å². The van der Waals surface area contributed by atoms with E-state index in [1.54, 1.807) is 0 Å². The van der Waals surface area contributed by atoms with Crippen molar-refractivity contribution in [2.75, 3.05) is 7.05 Å². The standard InChI is InChI=1S/C16H27NO4/c1-5-11(6-2)16(19)21-13-7-12-8-15(20-10(3)18)14(9-13)17(12)4/h11-15H,5-9H2,1-4H3/t12-,13-,14+,15-/m0/s1. The normalized spacial score (nSPS) is 32.2. The lowest BCUT2D eigenvalue weighted by Crippen LogP contribution is -2.46. The van der Waals surface area contributed by atoms with Gasteiger partial charge in [0.05, 0.1) is 12.0 Å². The highest BCUT2D eigenvalue weighted by atomic mass is 16.6. The highest BCUT2D eigenvalue weighted by Crippen LogP contribution is 2.37. The highest BCUT2D eigenvalue weighted by molar-refractivity contribution is 5.72. The minimum Gasteiger partial charge on any atom is -0.462 e. The Kier molecular flexibility index (Phi) is 5.25. The van der Waals surface area contributed by atoms with Crippen molar-refractivity contribution in [2.45, 2.75) is 77.2 Å². The van der Waals surface area contributed by atoms with Crippen molar-refractivity contribution in [3.63, 3.8) is 0 Å². The van der Waals surface area contributed by atoms with Crippen LogP contribution in [0.4, 0.5) is 0 Å². The number of esters is 2. The number of carbonyl (C=O) groups excluding carboxylic acids is 2. The molecule has 2 saturated heterocycles. The Bertz CT molecular complexity index is 394. The van der Waals surface area contributed by atoms with E-state index in [1.807, 2.05) is 13.8 Å². The smallest absolute Gasteiger partial charge is 0.309 e. The summed E-state index contributed by atoms with van der Waals surface area (Å²) in [5, 5.41) is 0. The quantitative estimate of drug-likeness (QED) is 0.728. The largest absolute Gasteiger partial charge is 0.462 e. The van der Waals surface area contributed by atoms with Gasteiger partial charge >= 0.3 is 11.9 Å². The van der Waals surface area contributed by atoms with Crippen molar-refractivity contribution in [2.24, 2.45) is 5.92 Å². The van der Waals surface area contributed by atoms with E-state index >= 15 is 0 Å². The molecule has 2 rings (SSSR count). The third kappa shape index (κ3) is 3.57. The predicted octanol–water partition coefficient (Wildman–Crippen LogP) is 2.13. The Morgan fingerprint density at radius 2 is 1.81 bits per heavy atom. The van der Waals surface area contributed by atoms with Crippen molar-refractivity contribution in [3.05, 3.63) is 0 Å². The maximum atomic E-state index is 12.1. The summed E-state index contributed by atoms with van der Waals surface area (Å²) < 4.78 is 11.1. The van der Waals surface area contributed by atoms with E-state index in [9.17, 15) is 9.59 Å². The van der Waals surface area contributed by atoms with Crippen LogP contribution in [-0.4, -0.2) is 48.2 Å². The van der Waals surface area contributed by atoms with E-state index in [4.69, 9.17) is 9.47 Å². The van der Waals surface area contributed by atoms with Gasteiger partial charge in [-0.05, 0) is 19.9 Å². The van der Waals surface area contributed by atoms with Crippen LogP contribution >= 0.6 is 0 Å². The number of piperidine rings is 1. The Hall–Kier alpha value is -1.10. The van der Waals surface area contributed by atoms with Crippen LogP contribution < -0.4 is 0 Å². The van der Waals surface area contributed by atoms with Crippen molar-refractivity contribution >= 4 is 11.9 Å². The average molecular weight is 297 g/mol. The molecule has 0 aromatic heterocycles. The monoisotopic (exact) mass is 297 g/mol. The molecule has 0 aromatic rings. The Labute approximate surface area is 127 Å². The maximum Gasteiger partial charge on any atom is 0.309 e. The van der Waals surface area contributed by atoms with Gasteiger partial charge in [-0.25, -0.2) is 0 Å². The summed E-state index contributed by atoms with van der Waals surface area (Å²) in [4.78, 5) is 25.6. The summed E-state index contributed by atoms with van der Waals surface area (Å²) in [6, 6.07) is 0.514. The molecule has 0 aliphatic carbocycles. The topological polar surface area (TPSA) is 55.8 Å². The molecular formula is C16H27NO4. The lowest BCUT2D eigenvalue weighted by molar-refractivity contribution is -0.159. The van der Waals surface area contributed by atoms with Gasteiger partial charge in [0.2, 0.25) is 0 Å². The molecule has 4 atom stereocenters. The molecular weight excluding hydrogens is 270 g/mol. The van der Waals surface area contributed by atoms with Crippen LogP contribution in [0.15, 0.2) is 0 Å². The van der Waals surface area contributed by atoms with Crippen LogP contribution in [0, 0.1) is 5.92 Å². The number of rotatable bonds is 5. The number of fused-ring (bicyclic) bond motifs is 2. The minimum atomic E-state index is -0.230. The second-order valence-electron chi connectivity index (χ2n) is 6.31. The third-order valence-electron chi connectivity index (χ3n) is 4.99. The van der Waals surface area contributed by atoms with Crippen LogP contribution in [-0.2, 0) is 19.1 Å². The van der Waals surface area contributed by atoms with Gasteiger partial charge in [-0.2, -0.15) is 0 Å². The zero-order valence-corrected chi connectivity index (χ0v) is 13.5. The van der Waals surface area contributed by atoms with E-state index in [0.29, 0.717) is 6.04 Å². The Morgan fingerprint density at radius 3 is 2.38 bits per heavy atom. The predicted molar refractivity (Wildman–Crippen MR) is 78.7 cm³/mol. The summed E-state index contributed by atoms with van der Waals surface area (Å²) in [7, 11) is 2.07. The van der Waals surface area contributed by atoms with Crippen LogP contribution in [0.3, 0.4) is 0 Å². The molecule has 2 aliphatic heterocycles. The van der Waals surface area contributed by atoms with Crippen LogP contribution in [0.1, 0.15) is 52.9 Å². The number of hydrogen-bond acceptors (Lipinski definition) is 5. The summed E-state index contributed by atoms with van der Waals surface area (Å²) in [5.41, 5.74) is 0. The summed E-state index contributed by atoms with van der Waals surface area (Å²) in [6.07, 6.45) is 4.00. The maximum absolute atomic E-state index is 12.1. The fourth-order valence-corrected chi connectivity index (χ4v) is 3.69. The first kappa shape index (κ1) is 16.3. The van der Waals surface area contributed by atoms with Crippen LogP contribution in [0.25, 0.3) is 0 Å². The molecule has 2 fully saturated rings. The highest BCUT2D eigenvalue weighted by Gasteiger charge is 2.47. The third-order valence-corrected chi connectivity index (χ3v) is 4.99.